The predicted molar refractivity (Wildman–Crippen MR) is 78.1 cm³/mol. The first-order valence-electron chi connectivity index (χ1n) is 6.39. The Kier molecular flexibility index (Phi) is 7.53. The van der Waals surface area contributed by atoms with Gasteiger partial charge in [0.1, 0.15) is 0 Å². The molecule has 1 rings (SSSR count). The zero-order chi connectivity index (χ0) is 13.2. The smallest absolute Gasteiger partial charge is 0.221 e. The summed E-state index contributed by atoms with van der Waals surface area (Å²) in [6.45, 7) is 3.59. The standard InChI is InChI=1S/C14H22N2OS/c1-3-18-13-6-4-12(5-7-13)8-11-16-14(17)9-10-15-2/h4-7,15H,3,8-11H2,1-2H3,(H,16,17). The van der Waals surface area contributed by atoms with Gasteiger partial charge in [-0.1, -0.05) is 19.1 Å². The van der Waals surface area contributed by atoms with Gasteiger partial charge in [-0.2, -0.15) is 0 Å². The highest BCUT2D eigenvalue weighted by Gasteiger charge is 2.00. The van der Waals surface area contributed by atoms with Gasteiger partial charge in [0.2, 0.25) is 5.91 Å². The van der Waals surface area contributed by atoms with Crippen LogP contribution in [0, 0.1) is 0 Å². The summed E-state index contributed by atoms with van der Waals surface area (Å²) >= 11 is 1.85. The molecule has 2 N–H and O–H groups in total. The fourth-order valence-corrected chi connectivity index (χ4v) is 2.25. The highest BCUT2D eigenvalue weighted by molar-refractivity contribution is 7.99. The van der Waals surface area contributed by atoms with Gasteiger partial charge >= 0.3 is 0 Å². The van der Waals surface area contributed by atoms with E-state index in [1.165, 1.54) is 10.5 Å². The highest BCUT2D eigenvalue weighted by Crippen LogP contribution is 2.17. The van der Waals surface area contributed by atoms with Gasteiger partial charge in [-0.3, -0.25) is 4.79 Å². The third kappa shape index (κ3) is 6.07. The molecule has 1 aromatic rings. The molecule has 3 nitrogen and oxygen atoms in total. The minimum absolute atomic E-state index is 0.113. The number of hydrogen-bond acceptors (Lipinski definition) is 3. The zero-order valence-electron chi connectivity index (χ0n) is 11.2. The SMILES string of the molecule is CCSc1ccc(CCNC(=O)CCNC)cc1. The van der Waals surface area contributed by atoms with Crippen molar-refractivity contribution in [3.8, 4) is 0 Å². The van der Waals surface area contributed by atoms with Gasteiger partial charge in [0.15, 0.2) is 0 Å². The summed E-state index contributed by atoms with van der Waals surface area (Å²) in [6, 6.07) is 8.56. The molecule has 1 amide bonds. The van der Waals surface area contributed by atoms with E-state index in [0.717, 1.165) is 18.7 Å². The molecular weight excluding hydrogens is 244 g/mol. The number of rotatable bonds is 8. The monoisotopic (exact) mass is 266 g/mol. The van der Waals surface area contributed by atoms with E-state index in [4.69, 9.17) is 0 Å². The molecule has 0 saturated carbocycles. The Hall–Kier alpha value is -1.00. The summed E-state index contributed by atoms with van der Waals surface area (Å²) in [4.78, 5) is 12.7. The summed E-state index contributed by atoms with van der Waals surface area (Å²) < 4.78 is 0. The Balaban J connectivity index is 2.24. The lowest BCUT2D eigenvalue weighted by atomic mass is 10.1. The van der Waals surface area contributed by atoms with Gasteiger partial charge in [0.25, 0.3) is 0 Å². The maximum Gasteiger partial charge on any atom is 0.221 e. The molecule has 0 aromatic heterocycles. The van der Waals surface area contributed by atoms with E-state index in [1.807, 2.05) is 18.8 Å². The topological polar surface area (TPSA) is 41.1 Å². The number of thioether (sulfide) groups is 1. The maximum atomic E-state index is 11.4. The van der Waals surface area contributed by atoms with Crippen molar-refractivity contribution in [2.45, 2.75) is 24.7 Å². The van der Waals surface area contributed by atoms with E-state index in [-0.39, 0.29) is 5.91 Å². The summed E-state index contributed by atoms with van der Waals surface area (Å²) in [5, 5.41) is 5.88. The van der Waals surface area contributed by atoms with Crippen LogP contribution in [0.2, 0.25) is 0 Å². The van der Waals surface area contributed by atoms with Crippen LogP contribution in [-0.2, 0) is 11.2 Å². The van der Waals surface area contributed by atoms with Crippen molar-refractivity contribution in [1.82, 2.24) is 10.6 Å². The lowest BCUT2D eigenvalue weighted by Gasteiger charge is -2.06. The van der Waals surface area contributed by atoms with Gasteiger partial charge in [0, 0.05) is 24.4 Å². The molecule has 0 heterocycles. The van der Waals surface area contributed by atoms with Crippen molar-refractivity contribution in [3.05, 3.63) is 29.8 Å². The number of hydrogen-bond donors (Lipinski definition) is 2. The fraction of sp³-hybridized carbons (Fsp3) is 0.500. The summed E-state index contributed by atoms with van der Waals surface area (Å²) in [6.07, 6.45) is 1.44. The Morgan fingerprint density at radius 2 is 1.94 bits per heavy atom. The Labute approximate surface area is 114 Å². The molecule has 0 aliphatic heterocycles. The molecule has 1 aromatic carbocycles. The third-order valence-electron chi connectivity index (χ3n) is 2.57. The highest BCUT2D eigenvalue weighted by atomic mass is 32.2. The first-order chi connectivity index (χ1) is 8.76. The van der Waals surface area contributed by atoms with Crippen LogP contribution < -0.4 is 10.6 Å². The van der Waals surface area contributed by atoms with Crippen LogP contribution in [0.1, 0.15) is 18.9 Å². The van der Waals surface area contributed by atoms with Crippen LogP contribution in [0.4, 0.5) is 0 Å². The molecular formula is C14H22N2OS. The van der Waals surface area contributed by atoms with Crippen molar-refractivity contribution >= 4 is 17.7 Å². The van der Waals surface area contributed by atoms with Crippen molar-refractivity contribution in [3.63, 3.8) is 0 Å². The zero-order valence-corrected chi connectivity index (χ0v) is 12.0. The lowest BCUT2D eigenvalue weighted by Crippen LogP contribution is -2.28. The maximum absolute atomic E-state index is 11.4. The molecule has 100 valence electrons. The number of benzene rings is 1. The largest absolute Gasteiger partial charge is 0.356 e. The molecule has 18 heavy (non-hydrogen) atoms. The van der Waals surface area contributed by atoms with Gasteiger partial charge in [-0.15, -0.1) is 11.8 Å². The molecule has 0 aliphatic rings. The minimum atomic E-state index is 0.113. The van der Waals surface area contributed by atoms with Crippen LogP contribution in [0.25, 0.3) is 0 Å². The van der Waals surface area contributed by atoms with E-state index >= 15 is 0 Å². The van der Waals surface area contributed by atoms with E-state index < -0.39 is 0 Å². The minimum Gasteiger partial charge on any atom is -0.356 e. The summed E-state index contributed by atoms with van der Waals surface area (Å²) in [5.74, 6) is 1.21. The molecule has 0 saturated heterocycles. The van der Waals surface area contributed by atoms with E-state index in [9.17, 15) is 4.79 Å². The third-order valence-corrected chi connectivity index (χ3v) is 3.47. The second-order valence-corrected chi connectivity index (χ2v) is 5.37. The number of carbonyl (C=O) groups is 1. The van der Waals surface area contributed by atoms with E-state index in [1.54, 1.807) is 0 Å². The Morgan fingerprint density at radius 3 is 2.56 bits per heavy atom. The molecule has 0 unspecified atom stereocenters. The number of amides is 1. The number of carbonyl (C=O) groups excluding carboxylic acids is 1. The first-order valence-corrected chi connectivity index (χ1v) is 7.38. The van der Waals surface area contributed by atoms with Crippen molar-refractivity contribution in [2.75, 3.05) is 25.9 Å². The van der Waals surface area contributed by atoms with Gasteiger partial charge in [0.05, 0.1) is 0 Å². The quantitative estimate of drug-likeness (QED) is 0.708. The molecule has 0 radical (unpaired) electrons. The van der Waals surface area contributed by atoms with Crippen molar-refractivity contribution in [1.29, 1.82) is 0 Å². The van der Waals surface area contributed by atoms with E-state index in [0.29, 0.717) is 13.0 Å². The van der Waals surface area contributed by atoms with Gasteiger partial charge in [-0.25, -0.2) is 0 Å². The Bertz CT molecular complexity index is 351. The number of nitrogens with one attached hydrogen (secondary N) is 2. The van der Waals surface area contributed by atoms with E-state index in [2.05, 4.69) is 41.8 Å². The predicted octanol–water partition coefficient (Wildman–Crippen LogP) is 2.07. The lowest BCUT2D eigenvalue weighted by molar-refractivity contribution is -0.120. The van der Waals surface area contributed by atoms with Crippen LogP contribution in [0.15, 0.2) is 29.2 Å². The first kappa shape index (κ1) is 15.1. The van der Waals surface area contributed by atoms with Crippen molar-refractivity contribution in [2.24, 2.45) is 0 Å². The molecule has 0 bridgehead atoms. The molecule has 0 aliphatic carbocycles. The average Bonchev–Trinajstić information content (AvgIpc) is 2.39. The molecule has 0 fully saturated rings. The van der Waals surface area contributed by atoms with Crippen LogP contribution in [0.3, 0.4) is 0 Å². The van der Waals surface area contributed by atoms with Crippen molar-refractivity contribution < 1.29 is 4.79 Å². The molecule has 4 heteroatoms. The molecule has 0 spiro atoms. The summed E-state index contributed by atoms with van der Waals surface area (Å²) in [7, 11) is 1.85. The van der Waals surface area contributed by atoms with Gasteiger partial charge in [-0.05, 0) is 36.9 Å². The van der Waals surface area contributed by atoms with Gasteiger partial charge < -0.3 is 10.6 Å². The second-order valence-electron chi connectivity index (χ2n) is 4.03. The normalized spacial score (nSPS) is 10.3. The van der Waals surface area contributed by atoms with Crippen LogP contribution in [0.5, 0.6) is 0 Å². The summed E-state index contributed by atoms with van der Waals surface area (Å²) in [5.41, 5.74) is 1.27. The second kappa shape index (κ2) is 9.00. The van der Waals surface area contributed by atoms with Crippen LogP contribution >= 0.6 is 11.8 Å². The average molecular weight is 266 g/mol. The fourth-order valence-electron chi connectivity index (χ4n) is 1.59. The molecule has 0 atom stereocenters. The Morgan fingerprint density at radius 1 is 1.22 bits per heavy atom. The van der Waals surface area contributed by atoms with Crippen LogP contribution in [-0.4, -0.2) is 31.8 Å².